The van der Waals surface area contributed by atoms with Crippen LogP contribution in [0.4, 0.5) is 3.89 Å². The van der Waals surface area contributed by atoms with Crippen LogP contribution in [0.5, 0.6) is 5.75 Å². The van der Waals surface area contributed by atoms with E-state index in [1.807, 2.05) is 0 Å². The molecule has 0 atom stereocenters. The van der Waals surface area contributed by atoms with E-state index in [9.17, 15) is 12.3 Å². The second kappa shape index (κ2) is 5.87. The van der Waals surface area contributed by atoms with Gasteiger partial charge in [0.15, 0.2) is 0 Å². The first kappa shape index (κ1) is 15.2. The van der Waals surface area contributed by atoms with Gasteiger partial charge in [-0.05, 0) is 47.7 Å². The number of benzene rings is 1. The maximum atomic E-state index is 12.6. The molecule has 19 heavy (non-hydrogen) atoms. The van der Waals surface area contributed by atoms with Gasteiger partial charge in [0.25, 0.3) is 0 Å². The summed E-state index contributed by atoms with van der Waals surface area (Å²) in [5.74, 6) is -0.156. The van der Waals surface area contributed by atoms with E-state index in [-0.39, 0.29) is 18.8 Å². The molecular weight excluding hydrogens is 275 g/mol. The number of azide groups is 1. The van der Waals surface area contributed by atoms with Crippen molar-refractivity contribution in [2.75, 3.05) is 0 Å². The highest BCUT2D eigenvalue weighted by Gasteiger charge is 2.17. The molecular formula is C10H13FN4O3S. The molecule has 0 amide bonds. The molecule has 0 fully saturated rings. The lowest BCUT2D eigenvalue weighted by Gasteiger charge is -2.15. The van der Waals surface area contributed by atoms with Crippen molar-refractivity contribution in [3.8, 4) is 5.75 Å². The fraction of sp³-hybridized carbons (Fsp3) is 0.400. The summed E-state index contributed by atoms with van der Waals surface area (Å²) < 4.78 is 38.0. The quantitative estimate of drug-likeness (QED) is 0.386. The summed E-state index contributed by atoms with van der Waals surface area (Å²) in [7, 11) is -5.12. The van der Waals surface area contributed by atoms with Crippen LogP contribution in [0.3, 0.4) is 0 Å². The molecule has 1 aromatic rings. The van der Waals surface area contributed by atoms with Crippen molar-refractivity contribution in [1.82, 2.24) is 0 Å². The van der Waals surface area contributed by atoms with Crippen molar-refractivity contribution < 1.29 is 16.5 Å². The minimum Gasteiger partial charge on any atom is -0.358 e. The zero-order valence-electron chi connectivity index (χ0n) is 10.4. The first-order chi connectivity index (χ1) is 8.80. The highest BCUT2D eigenvalue weighted by atomic mass is 32.3. The molecule has 2 N–H and O–H groups in total. The van der Waals surface area contributed by atoms with Gasteiger partial charge in [0.05, 0.1) is 6.54 Å². The summed E-state index contributed by atoms with van der Waals surface area (Å²) in [5, 5.41) is 3.39. The second-order valence-corrected chi connectivity index (χ2v) is 4.78. The van der Waals surface area contributed by atoms with Crippen LogP contribution in [0.15, 0.2) is 11.2 Å². The number of hydrogen-bond donors (Lipinski definition) is 1. The molecule has 0 aromatic heterocycles. The second-order valence-electron chi connectivity index (χ2n) is 3.83. The number of nitrogens with two attached hydrogens (primary N) is 1. The fourth-order valence-electron chi connectivity index (χ4n) is 1.77. The normalized spacial score (nSPS) is 10.9. The van der Waals surface area contributed by atoms with Crippen LogP contribution in [0.25, 0.3) is 10.4 Å². The minimum absolute atomic E-state index is 0.00168. The Bertz CT molecular complexity index is 639. The summed E-state index contributed by atoms with van der Waals surface area (Å²) >= 11 is 0. The van der Waals surface area contributed by atoms with Gasteiger partial charge in [-0.25, -0.2) is 0 Å². The monoisotopic (exact) mass is 288 g/mol. The standard InChI is InChI=1S/C10H13FN4O3S/c1-6-8(5-14-15-13)3-10(18-19(11,16)17)7(2)9(6)4-12/h3H,4-5,12H2,1-2H3. The lowest BCUT2D eigenvalue weighted by atomic mass is 9.97. The van der Waals surface area contributed by atoms with Gasteiger partial charge in [0.2, 0.25) is 0 Å². The topological polar surface area (TPSA) is 118 Å². The van der Waals surface area contributed by atoms with Crippen molar-refractivity contribution in [3.05, 3.63) is 38.8 Å². The van der Waals surface area contributed by atoms with Crippen LogP contribution in [0, 0.1) is 13.8 Å². The predicted molar refractivity (Wildman–Crippen MR) is 67.3 cm³/mol. The van der Waals surface area contributed by atoms with Crippen molar-refractivity contribution >= 4 is 10.5 Å². The van der Waals surface area contributed by atoms with Gasteiger partial charge < -0.3 is 9.92 Å². The SMILES string of the molecule is Cc1c(CN=[N+]=[N-])cc(OS(=O)(=O)F)c(C)c1CN. The van der Waals surface area contributed by atoms with E-state index in [0.29, 0.717) is 16.7 Å². The molecule has 0 radical (unpaired) electrons. The highest BCUT2D eigenvalue weighted by Crippen LogP contribution is 2.29. The molecule has 0 aliphatic heterocycles. The maximum absolute atomic E-state index is 12.6. The Morgan fingerprint density at radius 1 is 1.47 bits per heavy atom. The Kier molecular flexibility index (Phi) is 4.71. The molecule has 1 rings (SSSR count). The number of rotatable bonds is 5. The summed E-state index contributed by atoms with van der Waals surface area (Å²) in [6.07, 6.45) is 0. The lowest BCUT2D eigenvalue weighted by Crippen LogP contribution is -2.09. The molecule has 0 saturated heterocycles. The third kappa shape index (κ3) is 3.82. The summed E-state index contributed by atoms with van der Waals surface area (Å²) in [6.45, 7) is 3.46. The van der Waals surface area contributed by atoms with Crippen molar-refractivity contribution in [3.63, 3.8) is 0 Å². The van der Waals surface area contributed by atoms with Crippen molar-refractivity contribution in [1.29, 1.82) is 0 Å². The Balaban J connectivity index is 3.42. The first-order valence-electron chi connectivity index (χ1n) is 5.27. The van der Waals surface area contributed by atoms with Crippen LogP contribution in [-0.4, -0.2) is 8.42 Å². The molecule has 0 spiro atoms. The Labute approximate surface area is 110 Å². The zero-order valence-corrected chi connectivity index (χ0v) is 11.2. The molecule has 7 nitrogen and oxygen atoms in total. The number of nitrogens with zero attached hydrogens (tertiary/aromatic N) is 3. The van der Waals surface area contributed by atoms with Crippen LogP contribution < -0.4 is 9.92 Å². The van der Waals surface area contributed by atoms with Gasteiger partial charge in [-0.2, -0.15) is 8.42 Å². The number of halogens is 1. The Morgan fingerprint density at radius 3 is 2.58 bits per heavy atom. The molecule has 0 bridgehead atoms. The summed E-state index contributed by atoms with van der Waals surface area (Å²) in [4.78, 5) is 2.61. The Hall–Kier alpha value is -1.83. The van der Waals surface area contributed by atoms with Crippen LogP contribution in [0.2, 0.25) is 0 Å². The third-order valence-electron chi connectivity index (χ3n) is 2.76. The van der Waals surface area contributed by atoms with Crippen LogP contribution in [-0.2, 0) is 23.6 Å². The van der Waals surface area contributed by atoms with Gasteiger partial charge in [-0.15, -0.1) is 0 Å². The van der Waals surface area contributed by atoms with Gasteiger partial charge in [-0.1, -0.05) is 9.00 Å². The largest absolute Gasteiger partial charge is 0.488 e. The fourth-order valence-corrected chi connectivity index (χ4v) is 2.16. The molecule has 104 valence electrons. The van der Waals surface area contributed by atoms with E-state index >= 15 is 0 Å². The lowest BCUT2D eigenvalue weighted by molar-refractivity contribution is 0.438. The van der Waals surface area contributed by atoms with Crippen LogP contribution in [0.1, 0.15) is 22.3 Å². The smallest absolute Gasteiger partial charge is 0.358 e. The van der Waals surface area contributed by atoms with E-state index < -0.39 is 10.5 Å². The molecule has 0 unspecified atom stereocenters. The van der Waals surface area contributed by atoms with Crippen LogP contribution >= 0.6 is 0 Å². The van der Waals surface area contributed by atoms with E-state index in [1.54, 1.807) is 13.8 Å². The first-order valence-corrected chi connectivity index (χ1v) is 6.58. The van der Waals surface area contributed by atoms with E-state index in [1.165, 1.54) is 6.07 Å². The average Bonchev–Trinajstić information content (AvgIpc) is 2.30. The molecule has 9 heteroatoms. The van der Waals surface area contributed by atoms with Gasteiger partial charge >= 0.3 is 10.5 Å². The number of hydrogen-bond acceptors (Lipinski definition) is 5. The van der Waals surface area contributed by atoms with E-state index in [0.717, 1.165) is 5.56 Å². The molecule has 0 aliphatic rings. The molecule has 0 saturated carbocycles. The van der Waals surface area contributed by atoms with Crippen molar-refractivity contribution in [2.24, 2.45) is 10.8 Å². The Morgan fingerprint density at radius 2 is 2.11 bits per heavy atom. The zero-order chi connectivity index (χ0) is 14.6. The predicted octanol–water partition coefficient (Wildman–Crippen LogP) is 2.17. The minimum atomic E-state index is -5.12. The summed E-state index contributed by atoms with van der Waals surface area (Å²) in [5.41, 5.74) is 16.2. The average molecular weight is 288 g/mol. The highest BCUT2D eigenvalue weighted by molar-refractivity contribution is 7.81. The van der Waals surface area contributed by atoms with E-state index in [2.05, 4.69) is 14.2 Å². The molecule has 1 aromatic carbocycles. The van der Waals surface area contributed by atoms with Crippen molar-refractivity contribution in [2.45, 2.75) is 26.9 Å². The third-order valence-corrected chi connectivity index (χ3v) is 3.14. The maximum Gasteiger partial charge on any atom is 0.488 e. The van der Waals surface area contributed by atoms with E-state index in [4.69, 9.17) is 11.3 Å². The van der Waals surface area contributed by atoms with Gasteiger partial charge in [0.1, 0.15) is 5.75 Å². The van der Waals surface area contributed by atoms with Gasteiger partial charge in [0, 0.05) is 11.5 Å². The molecule has 0 heterocycles. The molecule has 0 aliphatic carbocycles. The van der Waals surface area contributed by atoms with Gasteiger partial charge in [-0.3, -0.25) is 0 Å². The summed E-state index contributed by atoms with van der Waals surface area (Å²) in [6, 6.07) is 1.33.